The van der Waals surface area contributed by atoms with Crippen molar-refractivity contribution in [1.82, 2.24) is 0 Å². The second kappa shape index (κ2) is 11.5. The maximum absolute atomic E-state index is 6.62. The number of rotatable bonds is 8. The largest absolute Gasteiger partial charge is 0.496 e. The van der Waals surface area contributed by atoms with Gasteiger partial charge in [-0.15, -0.1) is 0 Å². The van der Waals surface area contributed by atoms with Gasteiger partial charge >= 0.3 is 0 Å². The average molecular weight is 525 g/mol. The topological polar surface area (TPSA) is 27.7 Å². The normalized spacial score (nSPS) is 25.1. The van der Waals surface area contributed by atoms with Crippen LogP contribution in [0.1, 0.15) is 76.5 Å². The molecule has 3 nitrogen and oxygen atoms in total. The maximum atomic E-state index is 6.62. The molecule has 3 aromatic rings. The third kappa shape index (κ3) is 5.73. The van der Waals surface area contributed by atoms with E-state index in [1.165, 1.54) is 37.7 Å². The second-order valence-electron chi connectivity index (χ2n) is 12.4. The first-order valence-corrected chi connectivity index (χ1v) is 14.6. The molecule has 39 heavy (non-hydrogen) atoms. The highest BCUT2D eigenvalue weighted by molar-refractivity contribution is 5.71. The molecule has 2 aliphatic rings. The van der Waals surface area contributed by atoms with Gasteiger partial charge in [0.15, 0.2) is 11.5 Å². The van der Waals surface area contributed by atoms with Crippen LogP contribution < -0.4 is 14.2 Å². The Bertz CT molecular complexity index is 1280. The summed E-state index contributed by atoms with van der Waals surface area (Å²) in [6.45, 7) is 10.8. The van der Waals surface area contributed by atoms with E-state index >= 15 is 0 Å². The molecule has 0 heterocycles. The minimum atomic E-state index is 0.169. The van der Waals surface area contributed by atoms with E-state index in [4.69, 9.17) is 14.2 Å². The summed E-state index contributed by atoms with van der Waals surface area (Å²) >= 11 is 0. The van der Waals surface area contributed by atoms with Crippen LogP contribution in [0.3, 0.4) is 0 Å². The molecular formula is C36H44O3. The number of allylic oxidation sites excluding steroid dienone is 1. The van der Waals surface area contributed by atoms with Gasteiger partial charge in [0.05, 0.1) is 12.7 Å². The average Bonchev–Trinajstić information content (AvgIpc) is 2.93. The van der Waals surface area contributed by atoms with E-state index in [0.29, 0.717) is 30.5 Å². The summed E-state index contributed by atoms with van der Waals surface area (Å²) < 4.78 is 19.0. The van der Waals surface area contributed by atoms with Crippen LogP contribution in [-0.4, -0.2) is 7.11 Å². The van der Waals surface area contributed by atoms with Gasteiger partial charge in [0.25, 0.3) is 0 Å². The molecule has 3 atom stereocenters. The second-order valence-corrected chi connectivity index (χ2v) is 12.4. The Labute approximate surface area is 235 Å². The summed E-state index contributed by atoms with van der Waals surface area (Å²) in [5.41, 5.74) is 5.30. The number of benzene rings is 3. The molecule has 3 aromatic carbocycles. The molecule has 0 aliphatic heterocycles. The van der Waals surface area contributed by atoms with Gasteiger partial charge in [-0.25, -0.2) is 0 Å². The zero-order chi connectivity index (χ0) is 27.5. The predicted molar refractivity (Wildman–Crippen MR) is 160 cm³/mol. The van der Waals surface area contributed by atoms with Gasteiger partial charge in [-0.2, -0.15) is 0 Å². The first-order chi connectivity index (χ1) is 18.8. The third-order valence-corrected chi connectivity index (χ3v) is 9.41. The zero-order valence-electron chi connectivity index (χ0n) is 24.3. The van der Waals surface area contributed by atoms with E-state index < -0.39 is 0 Å². The summed E-state index contributed by atoms with van der Waals surface area (Å²) in [5, 5.41) is 0. The fraction of sp³-hybridized carbons (Fsp3) is 0.444. The van der Waals surface area contributed by atoms with E-state index in [0.717, 1.165) is 33.9 Å². The quantitative estimate of drug-likeness (QED) is 0.294. The molecule has 0 radical (unpaired) electrons. The van der Waals surface area contributed by atoms with Gasteiger partial charge < -0.3 is 14.2 Å². The Morgan fingerprint density at radius 3 is 2.03 bits per heavy atom. The highest BCUT2D eigenvalue weighted by Crippen LogP contribution is 2.61. The number of methoxy groups -OCH3 is 1. The number of hydrogen-bond donors (Lipinski definition) is 0. The predicted octanol–water partition coefficient (Wildman–Crippen LogP) is 9.50. The molecule has 3 heteroatoms. The van der Waals surface area contributed by atoms with Gasteiger partial charge in [0.2, 0.25) is 0 Å². The van der Waals surface area contributed by atoms with Crippen LogP contribution in [-0.2, 0) is 13.2 Å². The van der Waals surface area contributed by atoms with E-state index in [-0.39, 0.29) is 5.41 Å². The Balaban J connectivity index is 1.59. The first-order valence-electron chi connectivity index (χ1n) is 14.6. The summed E-state index contributed by atoms with van der Waals surface area (Å²) in [7, 11) is 1.75. The molecule has 0 saturated heterocycles. The molecule has 0 amide bonds. The fourth-order valence-electron chi connectivity index (χ4n) is 7.38. The lowest BCUT2D eigenvalue weighted by atomic mass is 9.48. The molecule has 5 rings (SSSR count). The van der Waals surface area contributed by atoms with Crippen molar-refractivity contribution < 1.29 is 14.2 Å². The fourth-order valence-corrected chi connectivity index (χ4v) is 7.38. The van der Waals surface area contributed by atoms with Crippen LogP contribution in [0, 0.1) is 22.7 Å². The van der Waals surface area contributed by atoms with Crippen LogP contribution in [0.15, 0.2) is 78.4 Å². The van der Waals surface area contributed by atoms with Crippen molar-refractivity contribution >= 4 is 6.08 Å². The molecule has 0 aromatic heterocycles. The van der Waals surface area contributed by atoms with Gasteiger partial charge in [0.1, 0.15) is 19.0 Å². The molecule has 0 spiro atoms. The number of ether oxygens (including phenoxy) is 3. The molecular weight excluding hydrogens is 480 g/mol. The molecule has 0 N–H and O–H groups in total. The van der Waals surface area contributed by atoms with Crippen molar-refractivity contribution in [2.45, 2.75) is 73.0 Å². The molecule has 1 unspecified atom stereocenters. The van der Waals surface area contributed by atoms with E-state index in [1.807, 2.05) is 36.4 Å². The summed E-state index contributed by atoms with van der Waals surface area (Å²) in [4.78, 5) is 0. The van der Waals surface area contributed by atoms with Crippen molar-refractivity contribution in [3.63, 3.8) is 0 Å². The Morgan fingerprint density at radius 1 is 0.769 bits per heavy atom. The Hall–Kier alpha value is -3.20. The SMILES string of the molecule is COc1ccc(OCc2ccccc2)c(OCc2ccccc2)c1/C=C1/[C@@H](C)CCC2C(C)(C)CCC[C@]12C. The van der Waals surface area contributed by atoms with Gasteiger partial charge in [-0.05, 0) is 77.7 Å². The van der Waals surface area contributed by atoms with Crippen molar-refractivity contribution in [2.75, 3.05) is 7.11 Å². The smallest absolute Gasteiger partial charge is 0.172 e. The van der Waals surface area contributed by atoms with Crippen LogP contribution in [0.5, 0.6) is 17.2 Å². The third-order valence-electron chi connectivity index (χ3n) is 9.41. The highest BCUT2D eigenvalue weighted by atomic mass is 16.5. The molecule has 2 saturated carbocycles. The van der Waals surface area contributed by atoms with Crippen LogP contribution in [0.25, 0.3) is 6.08 Å². The van der Waals surface area contributed by atoms with Crippen molar-refractivity contribution in [2.24, 2.45) is 22.7 Å². The minimum absolute atomic E-state index is 0.169. The Morgan fingerprint density at radius 2 is 1.38 bits per heavy atom. The van der Waals surface area contributed by atoms with E-state index in [1.54, 1.807) is 7.11 Å². The van der Waals surface area contributed by atoms with Crippen LogP contribution in [0.2, 0.25) is 0 Å². The lowest BCUT2D eigenvalue weighted by Crippen LogP contribution is -2.47. The van der Waals surface area contributed by atoms with E-state index in [2.05, 4.69) is 70.2 Å². The van der Waals surface area contributed by atoms with Gasteiger partial charge in [0, 0.05) is 0 Å². The zero-order valence-corrected chi connectivity index (χ0v) is 24.3. The molecule has 206 valence electrons. The summed E-state index contributed by atoms with van der Waals surface area (Å²) in [6, 6.07) is 24.6. The number of hydrogen-bond acceptors (Lipinski definition) is 3. The van der Waals surface area contributed by atoms with Crippen LogP contribution in [0.4, 0.5) is 0 Å². The lowest BCUT2D eigenvalue weighted by Gasteiger charge is -2.56. The number of fused-ring (bicyclic) bond motifs is 1. The van der Waals surface area contributed by atoms with Gasteiger partial charge in [-0.1, -0.05) is 100 Å². The van der Waals surface area contributed by atoms with Gasteiger partial charge in [-0.3, -0.25) is 0 Å². The Kier molecular flexibility index (Phi) is 8.07. The lowest BCUT2D eigenvalue weighted by molar-refractivity contribution is -0.00535. The van der Waals surface area contributed by atoms with Crippen molar-refractivity contribution in [1.29, 1.82) is 0 Å². The highest BCUT2D eigenvalue weighted by Gasteiger charge is 2.51. The first kappa shape index (κ1) is 27.4. The van der Waals surface area contributed by atoms with E-state index in [9.17, 15) is 0 Å². The summed E-state index contributed by atoms with van der Waals surface area (Å²) in [5.74, 6) is 3.52. The maximum Gasteiger partial charge on any atom is 0.172 e. The molecule has 0 bridgehead atoms. The van der Waals surface area contributed by atoms with Crippen LogP contribution >= 0.6 is 0 Å². The summed E-state index contributed by atoms with van der Waals surface area (Å²) in [6.07, 6.45) is 8.76. The standard InChI is InChI=1S/C36H44O3/c1-26-17-20-33-35(2,3)21-12-22-36(33,4)30(26)23-29-31(37-5)18-19-32(38-24-27-13-8-6-9-14-27)34(29)39-25-28-15-10-7-11-16-28/h6-11,13-16,18-19,23,26,33H,12,17,20-22,24-25H2,1-5H3/b30-23-/t26-,33?,36+/m0/s1. The molecule has 2 aliphatic carbocycles. The monoisotopic (exact) mass is 524 g/mol. The van der Waals surface area contributed by atoms with Crippen molar-refractivity contribution in [3.05, 3.63) is 95.1 Å². The minimum Gasteiger partial charge on any atom is -0.496 e. The molecule has 2 fully saturated rings. The van der Waals surface area contributed by atoms with Crippen molar-refractivity contribution in [3.8, 4) is 17.2 Å².